The van der Waals surface area contributed by atoms with E-state index in [1.165, 1.54) is 0 Å². The van der Waals surface area contributed by atoms with E-state index in [0.29, 0.717) is 29.4 Å². The number of ether oxygens (including phenoxy) is 1. The van der Waals surface area contributed by atoms with Crippen LogP contribution in [0.25, 0.3) is 0 Å². The highest BCUT2D eigenvalue weighted by molar-refractivity contribution is 6.34. The highest BCUT2D eigenvalue weighted by atomic mass is 35.5. The van der Waals surface area contributed by atoms with Crippen molar-refractivity contribution in [3.05, 3.63) is 28.8 Å². The Labute approximate surface area is 93.4 Å². The van der Waals surface area contributed by atoms with Gasteiger partial charge in [-0.3, -0.25) is 4.79 Å². The SMILES string of the molecule is COCCNC(=O)c1cc(N)ccc1Cl. The molecule has 0 fully saturated rings. The minimum Gasteiger partial charge on any atom is -0.399 e. The van der Waals surface area contributed by atoms with E-state index in [0.717, 1.165) is 0 Å². The number of carbonyl (C=O) groups excluding carboxylic acids is 1. The van der Waals surface area contributed by atoms with Gasteiger partial charge in [0.15, 0.2) is 0 Å². The molecule has 3 N–H and O–H groups in total. The zero-order valence-corrected chi connectivity index (χ0v) is 9.17. The van der Waals surface area contributed by atoms with Crippen LogP contribution in [0.4, 0.5) is 5.69 Å². The average Bonchev–Trinajstić information content (AvgIpc) is 2.22. The highest BCUT2D eigenvalue weighted by Crippen LogP contribution is 2.18. The largest absolute Gasteiger partial charge is 0.399 e. The molecule has 1 rings (SSSR count). The summed E-state index contributed by atoms with van der Waals surface area (Å²) in [4.78, 5) is 11.6. The zero-order chi connectivity index (χ0) is 11.3. The van der Waals surface area contributed by atoms with E-state index in [1.807, 2.05) is 0 Å². The molecule has 0 saturated heterocycles. The summed E-state index contributed by atoms with van der Waals surface area (Å²) in [6, 6.07) is 4.79. The second-order valence-corrected chi connectivity index (χ2v) is 3.40. The van der Waals surface area contributed by atoms with Crippen LogP contribution < -0.4 is 11.1 Å². The number of rotatable bonds is 4. The smallest absolute Gasteiger partial charge is 0.252 e. The van der Waals surface area contributed by atoms with E-state index in [9.17, 15) is 4.79 Å². The van der Waals surface area contributed by atoms with Crippen LogP contribution in [-0.2, 0) is 4.74 Å². The van der Waals surface area contributed by atoms with Crippen molar-refractivity contribution >= 4 is 23.2 Å². The van der Waals surface area contributed by atoms with E-state index < -0.39 is 0 Å². The third-order valence-corrected chi connectivity index (χ3v) is 2.16. The molecule has 0 aliphatic heterocycles. The van der Waals surface area contributed by atoms with Crippen molar-refractivity contribution in [3.63, 3.8) is 0 Å². The average molecular weight is 229 g/mol. The molecule has 4 nitrogen and oxygen atoms in total. The number of amides is 1. The number of benzene rings is 1. The van der Waals surface area contributed by atoms with E-state index >= 15 is 0 Å². The fourth-order valence-electron chi connectivity index (χ4n) is 1.08. The van der Waals surface area contributed by atoms with Crippen LogP contribution in [0.15, 0.2) is 18.2 Å². The fraction of sp³-hybridized carbons (Fsp3) is 0.300. The van der Waals surface area contributed by atoms with E-state index in [-0.39, 0.29) is 5.91 Å². The molecule has 15 heavy (non-hydrogen) atoms. The first kappa shape index (κ1) is 11.8. The summed E-state index contributed by atoms with van der Waals surface area (Å²) < 4.78 is 4.81. The lowest BCUT2D eigenvalue weighted by Crippen LogP contribution is -2.27. The van der Waals surface area contributed by atoms with Crippen molar-refractivity contribution < 1.29 is 9.53 Å². The summed E-state index contributed by atoms with van der Waals surface area (Å²) in [5.74, 6) is -0.246. The molecule has 0 bridgehead atoms. The number of hydrogen-bond acceptors (Lipinski definition) is 3. The summed E-state index contributed by atoms with van der Waals surface area (Å²) in [5, 5.41) is 3.05. The molecule has 1 aromatic carbocycles. The molecule has 0 heterocycles. The van der Waals surface area contributed by atoms with Gasteiger partial charge in [0.1, 0.15) is 0 Å². The zero-order valence-electron chi connectivity index (χ0n) is 8.42. The van der Waals surface area contributed by atoms with E-state index in [2.05, 4.69) is 5.32 Å². The molecular formula is C10H13ClN2O2. The van der Waals surface area contributed by atoms with Crippen molar-refractivity contribution in [2.24, 2.45) is 0 Å². The van der Waals surface area contributed by atoms with Crippen LogP contribution in [0, 0.1) is 0 Å². The molecule has 0 saturated carbocycles. The molecule has 1 amide bonds. The van der Waals surface area contributed by atoms with Crippen LogP contribution in [0.3, 0.4) is 0 Å². The molecule has 0 aliphatic carbocycles. The molecule has 0 radical (unpaired) electrons. The topological polar surface area (TPSA) is 64.3 Å². The van der Waals surface area contributed by atoms with Gasteiger partial charge in [0.25, 0.3) is 5.91 Å². The predicted octanol–water partition coefficient (Wildman–Crippen LogP) is 1.30. The normalized spacial score (nSPS) is 10.0. The summed E-state index contributed by atoms with van der Waals surface area (Å²) >= 11 is 5.86. The summed E-state index contributed by atoms with van der Waals surface area (Å²) in [7, 11) is 1.57. The van der Waals surface area contributed by atoms with Crippen LogP contribution in [0.2, 0.25) is 5.02 Å². The Morgan fingerprint density at radius 3 is 3.00 bits per heavy atom. The third kappa shape index (κ3) is 3.42. The molecule has 0 aliphatic rings. The lowest BCUT2D eigenvalue weighted by Gasteiger charge is -2.06. The lowest BCUT2D eigenvalue weighted by molar-refractivity contribution is 0.0937. The third-order valence-electron chi connectivity index (χ3n) is 1.83. The number of halogens is 1. The van der Waals surface area contributed by atoms with Crippen molar-refractivity contribution in [1.82, 2.24) is 5.32 Å². The Morgan fingerprint density at radius 2 is 2.33 bits per heavy atom. The fourth-order valence-corrected chi connectivity index (χ4v) is 1.28. The van der Waals surface area contributed by atoms with Crippen LogP contribution >= 0.6 is 11.6 Å². The second kappa shape index (κ2) is 5.58. The second-order valence-electron chi connectivity index (χ2n) is 2.99. The van der Waals surface area contributed by atoms with Gasteiger partial charge in [-0.05, 0) is 18.2 Å². The Bertz CT molecular complexity index is 355. The summed E-state index contributed by atoms with van der Waals surface area (Å²) in [6.07, 6.45) is 0. The van der Waals surface area contributed by atoms with Crippen LogP contribution in [0.5, 0.6) is 0 Å². The van der Waals surface area contributed by atoms with Gasteiger partial charge in [-0.25, -0.2) is 0 Å². The minimum atomic E-state index is -0.246. The Morgan fingerprint density at radius 1 is 1.60 bits per heavy atom. The number of nitrogen functional groups attached to an aromatic ring is 1. The molecule has 0 atom stereocenters. The minimum absolute atomic E-state index is 0.246. The standard InChI is InChI=1S/C10H13ClN2O2/c1-15-5-4-13-10(14)8-6-7(12)2-3-9(8)11/h2-3,6H,4-5,12H2,1H3,(H,13,14). The summed E-state index contributed by atoms with van der Waals surface area (Å²) in [5.41, 5.74) is 6.45. The summed E-state index contributed by atoms with van der Waals surface area (Å²) in [6.45, 7) is 0.909. The first-order valence-corrected chi connectivity index (χ1v) is 4.85. The Hall–Kier alpha value is -1.26. The van der Waals surface area contributed by atoms with Crippen molar-refractivity contribution in [2.75, 3.05) is 26.0 Å². The monoisotopic (exact) mass is 228 g/mol. The van der Waals surface area contributed by atoms with Gasteiger partial charge in [-0.2, -0.15) is 0 Å². The number of nitrogens with one attached hydrogen (secondary N) is 1. The molecule has 1 aromatic rings. The maximum absolute atomic E-state index is 11.6. The quantitative estimate of drug-likeness (QED) is 0.603. The maximum atomic E-state index is 11.6. The van der Waals surface area contributed by atoms with E-state index in [4.69, 9.17) is 22.1 Å². The van der Waals surface area contributed by atoms with Gasteiger partial charge < -0.3 is 15.8 Å². The van der Waals surface area contributed by atoms with Crippen LogP contribution in [0.1, 0.15) is 10.4 Å². The van der Waals surface area contributed by atoms with Gasteiger partial charge in [-0.15, -0.1) is 0 Å². The first-order chi connectivity index (χ1) is 7.15. The van der Waals surface area contributed by atoms with Gasteiger partial charge >= 0.3 is 0 Å². The number of nitrogens with two attached hydrogens (primary N) is 1. The Kier molecular flexibility index (Phi) is 4.39. The molecular weight excluding hydrogens is 216 g/mol. The number of carbonyl (C=O) groups is 1. The van der Waals surface area contributed by atoms with Gasteiger partial charge in [-0.1, -0.05) is 11.6 Å². The molecule has 0 unspecified atom stereocenters. The number of methoxy groups -OCH3 is 1. The number of anilines is 1. The highest BCUT2D eigenvalue weighted by Gasteiger charge is 2.09. The number of hydrogen-bond donors (Lipinski definition) is 2. The first-order valence-electron chi connectivity index (χ1n) is 4.47. The van der Waals surface area contributed by atoms with Gasteiger partial charge in [0.2, 0.25) is 0 Å². The van der Waals surface area contributed by atoms with E-state index in [1.54, 1.807) is 25.3 Å². The predicted molar refractivity (Wildman–Crippen MR) is 60.1 cm³/mol. The lowest BCUT2D eigenvalue weighted by atomic mass is 10.2. The van der Waals surface area contributed by atoms with Crippen molar-refractivity contribution in [1.29, 1.82) is 0 Å². The van der Waals surface area contributed by atoms with Crippen molar-refractivity contribution in [2.45, 2.75) is 0 Å². The van der Waals surface area contributed by atoms with Gasteiger partial charge in [0.05, 0.1) is 17.2 Å². The molecule has 0 spiro atoms. The molecule has 5 heteroatoms. The van der Waals surface area contributed by atoms with Crippen LogP contribution in [-0.4, -0.2) is 26.2 Å². The molecule has 0 aromatic heterocycles. The Balaban J connectivity index is 2.68. The van der Waals surface area contributed by atoms with Gasteiger partial charge in [0, 0.05) is 19.3 Å². The van der Waals surface area contributed by atoms with Crippen molar-refractivity contribution in [3.8, 4) is 0 Å². The molecule has 82 valence electrons. The maximum Gasteiger partial charge on any atom is 0.252 e.